The molecule has 3 rings (SSSR count). The molecule has 26 heavy (non-hydrogen) atoms. The van der Waals surface area contributed by atoms with Crippen molar-refractivity contribution in [1.29, 1.82) is 0 Å². The number of rotatable bonds is 3. The van der Waals surface area contributed by atoms with Crippen molar-refractivity contribution in [3.8, 4) is 0 Å². The van der Waals surface area contributed by atoms with Crippen LogP contribution in [-0.4, -0.2) is 17.5 Å². The quantitative estimate of drug-likeness (QED) is 0.812. The van der Waals surface area contributed by atoms with E-state index in [1.54, 1.807) is 0 Å². The van der Waals surface area contributed by atoms with E-state index >= 15 is 0 Å². The van der Waals surface area contributed by atoms with Crippen LogP contribution in [0.2, 0.25) is 0 Å². The maximum Gasteiger partial charge on any atom is 0.318 e. The zero-order valence-electron chi connectivity index (χ0n) is 15.8. The van der Waals surface area contributed by atoms with Gasteiger partial charge in [0.2, 0.25) is 0 Å². The van der Waals surface area contributed by atoms with E-state index in [9.17, 15) is 4.79 Å². The minimum absolute atomic E-state index is 0.0520. The van der Waals surface area contributed by atoms with Gasteiger partial charge in [0, 0.05) is 18.8 Å². The van der Waals surface area contributed by atoms with Crippen molar-refractivity contribution >= 4 is 17.3 Å². The smallest absolute Gasteiger partial charge is 0.318 e. The molecular weight excluding hydrogens is 322 g/mol. The predicted octanol–water partition coefficient (Wildman–Crippen LogP) is 4.30. The number of carbonyl (C=O) groups is 1. The molecule has 0 saturated carbocycles. The SMILES string of the molecule is C=C(C)c1cccc(C(C)(C)NC(=O)N2CCc3ccc(N)cc3C2)c1. The molecule has 4 heteroatoms. The second-order valence-corrected chi connectivity index (χ2v) is 7.62. The number of hydrogen-bond acceptors (Lipinski definition) is 2. The number of carbonyl (C=O) groups excluding carboxylic acids is 1. The lowest BCUT2D eigenvalue weighted by Crippen LogP contribution is -2.49. The molecule has 3 N–H and O–H groups in total. The molecule has 136 valence electrons. The van der Waals surface area contributed by atoms with E-state index < -0.39 is 5.54 Å². The van der Waals surface area contributed by atoms with Crippen LogP contribution in [0.15, 0.2) is 49.0 Å². The first-order valence-electron chi connectivity index (χ1n) is 8.97. The number of fused-ring (bicyclic) bond motifs is 1. The normalized spacial score (nSPS) is 13.9. The summed E-state index contributed by atoms with van der Waals surface area (Å²) in [5.74, 6) is 0. The van der Waals surface area contributed by atoms with E-state index in [1.165, 1.54) is 5.56 Å². The second kappa shape index (κ2) is 6.87. The fourth-order valence-corrected chi connectivity index (χ4v) is 3.34. The molecule has 2 amide bonds. The number of nitrogens with one attached hydrogen (secondary N) is 1. The third-order valence-corrected chi connectivity index (χ3v) is 5.03. The van der Waals surface area contributed by atoms with Gasteiger partial charge in [0.15, 0.2) is 0 Å². The molecule has 2 aromatic rings. The lowest BCUT2D eigenvalue weighted by Gasteiger charge is -2.34. The number of urea groups is 1. The highest BCUT2D eigenvalue weighted by Gasteiger charge is 2.28. The van der Waals surface area contributed by atoms with Crippen LogP contribution in [0.3, 0.4) is 0 Å². The van der Waals surface area contributed by atoms with Gasteiger partial charge >= 0.3 is 6.03 Å². The number of amides is 2. The molecule has 0 bridgehead atoms. The summed E-state index contributed by atoms with van der Waals surface area (Å²) in [6, 6.07) is 14.1. The molecular formula is C22H27N3O. The number of nitrogens with zero attached hydrogens (tertiary/aromatic N) is 1. The van der Waals surface area contributed by atoms with Crippen molar-refractivity contribution in [2.24, 2.45) is 0 Å². The highest BCUT2D eigenvalue weighted by molar-refractivity contribution is 5.76. The molecule has 0 fully saturated rings. The molecule has 1 aliphatic rings. The number of hydrogen-bond donors (Lipinski definition) is 2. The van der Waals surface area contributed by atoms with E-state index in [4.69, 9.17) is 5.73 Å². The minimum Gasteiger partial charge on any atom is -0.399 e. The highest BCUT2D eigenvalue weighted by atomic mass is 16.2. The number of nitrogen functional groups attached to an aromatic ring is 1. The Kier molecular flexibility index (Phi) is 4.77. The van der Waals surface area contributed by atoms with Crippen LogP contribution >= 0.6 is 0 Å². The molecule has 1 aliphatic heterocycles. The summed E-state index contributed by atoms with van der Waals surface area (Å²) >= 11 is 0. The largest absolute Gasteiger partial charge is 0.399 e. The van der Waals surface area contributed by atoms with Crippen LogP contribution < -0.4 is 11.1 Å². The molecule has 4 nitrogen and oxygen atoms in total. The maximum atomic E-state index is 12.9. The molecule has 0 aliphatic carbocycles. The third-order valence-electron chi connectivity index (χ3n) is 5.03. The van der Waals surface area contributed by atoms with Gasteiger partial charge in [0.05, 0.1) is 5.54 Å². The summed E-state index contributed by atoms with van der Waals surface area (Å²) in [6.07, 6.45) is 0.856. The molecule has 0 radical (unpaired) electrons. The molecule has 0 atom stereocenters. The fraction of sp³-hybridized carbons (Fsp3) is 0.318. The molecule has 0 saturated heterocycles. The van der Waals surface area contributed by atoms with Crippen LogP contribution in [-0.2, 0) is 18.5 Å². The standard InChI is InChI=1S/C22H27N3O/c1-15(2)17-6-5-7-19(12-17)22(3,4)24-21(26)25-11-10-16-8-9-20(23)13-18(16)14-25/h5-9,12-13H,1,10-11,14,23H2,2-4H3,(H,24,26). The van der Waals surface area contributed by atoms with Gasteiger partial charge in [-0.1, -0.05) is 36.4 Å². The van der Waals surface area contributed by atoms with Crippen molar-refractivity contribution in [2.75, 3.05) is 12.3 Å². The number of anilines is 1. The van der Waals surface area contributed by atoms with Crippen molar-refractivity contribution in [3.05, 3.63) is 71.3 Å². The Hall–Kier alpha value is -2.75. The number of allylic oxidation sites excluding steroid dienone is 1. The van der Waals surface area contributed by atoms with Crippen LogP contribution in [0.5, 0.6) is 0 Å². The van der Waals surface area contributed by atoms with Gasteiger partial charge < -0.3 is 16.0 Å². The summed E-state index contributed by atoms with van der Waals surface area (Å²) in [5.41, 5.74) is 11.7. The third kappa shape index (κ3) is 3.74. The van der Waals surface area contributed by atoms with Crippen LogP contribution in [0, 0.1) is 0 Å². The van der Waals surface area contributed by atoms with E-state index in [0.717, 1.165) is 34.4 Å². The van der Waals surface area contributed by atoms with Crippen molar-refractivity contribution < 1.29 is 4.79 Å². The minimum atomic E-state index is -0.474. The Morgan fingerprint density at radius 2 is 1.96 bits per heavy atom. The first kappa shape index (κ1) is 18.1. The van der Waals surface area contributed by atoms with E-state index in [2.05, 4.69) is 24.0 Å². The van der Waals surface area contributed by atoms with Gasteiger partial charge in [-0.25, -0.2) is 4.79 Å². The van der Waals surface area contributed by atoms with Gasteiger partial charge in [-0.15, -0.1) is 0 Å². The van der Waals surface area contributed by atoms with Crippen molar-refractivity contribution in [2.45, 2.75) is 39.3 Å². The molecule has 0 unspecified atom stereocenters. The Balaban J connectivity index is 1.75. The summed E-state index contributed by atoms with van der Waals surface area (Å²) in [7, 11) is 0. The summed E-state index contributed by atoms with van der Waals surface area (Å²) in [4.78, 5) is 14.7. The van der Waals surface area contributed by atoms with Gasteiger partial charge in [-0.05, 0) is 67.6 Å². The van der Waals surface area contributed by atoms with E-state index in [-0.39, 0.29) is 6.03 Å². The van der Waals surface area contributed by atoms with Crippen molar-refractivity contribution in [1.82, 2.24) is 10.2 Å². The summed E-state index contributed by atoms with van der Waals surface area (Å²) in [6.45, 7) is 11.3. The van der Waals surface area contributed by atoms with E-state index in [1.807, 2.05) is 56.0 Å². The van der Waals surface area contributed by atoms with Gasteiger partial charge in [0.25, 0.3) is 0 Å². The Labute approximate surface area is 155 Å². The lowest BCUT2D eigenvalue weighted by molar-refractivity contribution is 0.181. The van der Waals surface area contributed by atoms with Gasteiger partial charge in [-0.2, -0.15) is 0 Å². The first-order chi connectivity index (χ1) is 12.3. The molecule has 1 heterocycles. The van der Waals surface area contributed by atoms with Crippen LogP contribution in [0.25, 0.3) is 5.57 Å². The van der Waals surface area contributed by atoms with Crippen LogP contribution in [0.1, 0.15) is 43.0 Å². The zero-order chi connectivity index (χ0) is 18.9. The monoisotopic (exact) mass is 349 g/mol. The van der Waals surface area contributed by atoms with Gasteiger partial charge in [-0.3, -0.25) is 0 Å². The molecule has 2 aromatic carbocycles. The zero-order valence-corrected chi connectivity index (χ0v) is 15.8. The Morgan fingerprint density at radius 3 is 2.69 bits per heavy atom. The van der Waals surface area contributed by atoms with Crippen LogP contribution in [0.4, 0.5) is 10.5 Å². The van der Waals surface area contributed by atoms with Gasteiger partial charge in [0.1, 0.15) is 0 Å². The molecule has 0 aromatic heterocycles. The average Bonchev–Trinajstić information content (AvgIpc) is 2.60. The van der Waals surface area contributed by atoms with Crippen molar-refractivity contribution in [3.63, 3.8) is 0 Å². The lowest BCUT2D eigenvalue weighted by atomic mass is 9.91. The number of benzene rings is 2. The summed E-state index contributed by atoms with van der Waals surface area (Å²) in [5, 5.41) is 3.18. The highest BCUT2D eigenvalue weighted by Crippen LogP contribution is 2.25. The Bertz CT molecular complexity index is 854. The second-order valence-electron chi connectivity index (χ2n) is 7.62. The fourth-order valence-electron chi connectivity index (χ4n) is 3.34. The molecule has 0 spiro atoms. The topological polar surface area (TPSA) is 58.4 Å². The summed E-state index contributed by atoms with van der Waals surface area (Å²) < 4.78 is 0. The maximum absolute atomic E-state index is 12.9. The Morgan fingerprint density at radius 1 is 1.19 bits per heavy atom. The predicted molar refractivity (Wildman–Crippen MR) is 108 cm³/mol. The number of nitrogens with two attached hydrogens (primary N) is 1. The first-order valence-corrected chi connectivity index (χ1v) is 8.97. The average molecular weight is 349 g/mol. The van der Waals surface area contributed by atoms with E-state index in [0.29, 0.717) is 13.1 Å².